The largest absolute Gasteiger partial charge is 0.493 e. The van der Waals surface area contributed by atoms with E-state index >= 15 is 0 Å². The highest BCUT2D eigenvalue weighted by molar-refractivity contribution is 6.06. The van der Waals surface area contributed by atoms with Gasteiger partial charge in [-0.25, -0.2) is 0 Å². The molecule has 2 heterocycles. The maximum absolute atomic E-state index is 12.4. The van der Waals surface area contributed by atoms with E-state index in [-0.39, 0.29) is 12.4 Å². The molecule has 0 amide bonds. The molecule has 4 aromatic rings. The number of hydrogen-bond donors (Lipinski definition) is 0. The van der Waals surface area contributed by atoms with Crippen LogP contribution >= 0.6 is 0 Å². The number of para-hydroxylation sites is 2. The van der Waals surface area contributed by atoms with Gasteiger partial charge < -0.3 is 18.5 Å². The lowest BCUT2D eigenvalue weighted by atomic mass is 10.1. The number of hydrogen-bond acceptors (Lipinski definition) is 4. The molecule has 0 bridgehead atoms. The van der Waals surface area contributed by atoms with Crippen molar-refractivity contribution >= 4 is 11.9 Å². The molecule has 0 unspecified atom stereocenters. The van der Waals surface area contributed by atoms with E-state index in [2.05, 4.69) is 0 Å². The standard InChI is InChI=1S/C25H21NO4/c1-28-24-6-2-3-7-25(24)29-18-22-13-12-21(30-22)14-15-23(27)19-8-10-20(11-9-19)26-16-4-5-17-26/h2-17H,18H2,1H3/b15-14+. The molecule has 0 aliphatic rings. The number of ketones is 1. The summed E-state index contributed by atoms with van der Waals surface area (Å²) in [5.41, 5.74) is 1.62. The van der Waals surface area contributed by atoms with Crippen LogP contribution in [0.2, 0.25) is 0 Å². The number of carbonyl (C=O) groups excluding carboxylic acids is 1. The zero-order valence-electron chi connectivity index (χ0n) is 16.5. The van der Waals surface area contributed by atoms with Gasteiger partial charge in [0.15, 0.2) is 17.3 Å². The fourth-order valence-corrected chi connectivity index (χ4v) is 3.01. The number of methoxy groups -OCH3 is 1. The van der Waals surface area contributed by atoms with Gasteiger partial charge in [0, 0.05) is 23.6 Å². The van der Waals surface area contributed by atoms with Gasteiger partial charge in [-0.15, -0.1) is 0 Å². The minimum absolute atomic E-state index is 0.0859. The second-order valence-electron chi connectivity index (χ2n) is 6.58. The zero-order chi connectivity index (χ0) is 20.8. The van der Waals surface area contributed by atoms with E-state index < -0.39 is 0 Å². The van der Waals surface area contributed by atoms with Crippen molar-refractivity contribution in [1.29, 1.82) is 0 Å². The molecule has 30 heavy (non-hydrogen) atoms. The molecule has 2 aromatic carbocycles. The Kier molecular flexibility index (Phi) is 5.80. The lowest BCUT2D eigenvalue weighted by Gasteiger charge is -2.08. The monoisotopic (exact) mass is 399 g/mol. The summed E-state index contributed by atoms with van der Waals surface area (Å²) in [4.78, 5) is 12.4. The third-order valence-electron chi connectivity index (χ3n) is 4.57. The third kappa shape index (κ3) is 4.52. The third-order valence-corrected chi connectivity index (χ3v) is 4.57. The maximum Gasteiger partial charge on any atom is 0.185 e. The average molecular weight is 399 g/mol. The first-order valence-electron chi connectivity index (χ1n) is 9.53. The second-order valence-corrected chi connectivity index (χ2v) is 6.58. The molecule has 0 radical (unpaired) electrons. The molecule has 4 rings (SSSR count). The molecule has 0 saturated carbocycles. The van der Waals surface area contributed by atoms with Crippen LogP contribution in [0.15, 0.2) is 95.7 Å². The fraction of sp³-hybridized carbons (Fsp3) is 0.0800. The van der Waals surface area contributed by atoms with E-state index in [0.717, 1.165) is 5.69 Å². The topological polar surface area (TPSA) is 53.6 Å². The summed E-state index contributed by atoms with van der Waals surface area (Å²) in [6, 6.07) is 22.4. The highest BCUT2D eigenvalue weighted by atomic mass is 16.5. The van der Waals surface area contributed by atoms with Gasteiger partial charge in [-0.3, -0.25) is 4.79 Å². The molecule has 0 atom stereocenters. The molecule has 0 N–H and O–H groups in total. The number of nitrogens with zero attached hydrogens (tertiary/aromatic N) is 1. The summed E-state index contributed by atoms with van der Waals surface area (Å²) >= 11 is 0. The summed E-state index contributed by atoms with van der Waals surface area (Å²) in [6.07, 6.45) is 7.09. The quantitative estimate of drug-likeness (QED) is 0.288. The fourth-order valence-electron chi connectivity index (χ4n) is 3.01. The van der Waals surface area contributed by atoms with Crippen LogP contribution in [0.3, 0.4) is 0 Å². The van der Waals surface area contributed by atoms with Crippen LogP contribution in [0.1, 0.15) is 21.9 Å². The van der Waals surface area contributed by atoms with Gasteiger partial charge in [0.1, 0.15) is 18.1 Å². The van der Waals surface area contributed by atoms with Crippen molar-refractivity contribution in [2.24, 2.45) is 0 Å². The van der Waals surface area contributed by atoms with Crippen LogP contribution in [0.5, 0.6) is 11.5 Å². The van der Waals surface area contributed by atoms with Gasteiger partial charge in [0.25, 0.3) is 0 Å². The van der Waals surface area contributed by atoms with E-state index in [1.54, 1.807) is 19.3 Å². The molecule has 0 saturated heterocycles. The smallest absolute Gasteiger partial charge is 0.185 e. The van der Waals surface area contributed by atoms with E-state index in [4.69, 9.17) is 13.9 Å². The van der Waals surface area contributed by atoms with Crippen LogP contribution < -0.4 is 9.47 Å². The van der Waals surface area contributed by atoms with Crippen LogP contribution in [-0.4, -0.2) is 17.5 Å². The normalized spacial score (nSPS) is 11.0. The maximum atomic E-state index is 12.4. The molecule has 5 heteroatoms. The van der Waals surface area contributed by atoms with Crippen molar-refractivity contribution in [1.82, 2.24) is 4.57 Å². The first kappa shape index (κ1) is 19.3. The lowest BCUT2D eigenvalue weighted by molar-refractivity contribution is 0.104. The molecular weight excluding hydrogens is 378 g/mol. The first-order chi connectivity index (χ1) is 14.7. The summed E-state index contributed by atoms with van der Waals surface area (Å²) < 4.78 is 18.7. The van der Waals surface area contributed by atoms with E-state index in [1.807, 2.05) is 83.7 Å². The molecular formula is C25H21NO4. The molecule has 0 spiro atoms. The average Bonchev–Trinajstić information content (AvgIpc) is 3.49. The van der Waals surface area contributed by atoms with Crippen molar-refractivity contribution in [3.8, 4) is 17.2 Å². The number of aromatic nitrogens is 1. The summed E-state index contributed by atoms with van der Waals surface area (Å²) in [5, 5.41) is 0. The van der Waals surface area contributed by atoms with Gasteiger partial charge >= 0.3 is 0 Å². The lowest BCUT2D eigenvalue weighted by Crippen LogP contribution is -1.96. The Labute approximate surface area is 174 Å². The second kappa shape index (κ2) is 9.01. The van der Waals surface area contributed by atoms with Crippen molar-refractivity contribution in [3.63, 3.8) is 0 Å². The minimum Gasteiger partial charge on any atom is -0.493 e. The van der Waals surface area contributed by atoms with E-state index in [1.165, 1.54) is 6.08 Å². The predicted octanol–water partition coefficient (Wildman–Crippen LogP) is 5.55. The SMILES string of the molecule is COc1ccccc1OCc1ccc(/C=C/C(=O)c2ccc(-n3cccc3)cc2)o1. The number of benzene rings is 2. The van der Waals surface area contributed by atoms with Crippen molar-refractivity contribution in [2.45, 2.75) is 6.61 Å². The van der Waals surface area contributed by atoms with Crippen molar-refractivity contribution in [3.05, 3.63) is 108 Å². The molecule has 0 fully saturated rings. The summed E-state index contributed by atoms with van der Waals surface area (Å²) in [7, 11) is 1.60. The Morgan fingerprint density at radius 2 is 1.67 bits per heavy atom. The number of carbonyl (C=O) groups is 1. The highest BCUT2D eigenvalue weighted by Gasteiger charge is 2.07. The van der Waals surface area contributed by atoms with E-state index in [0.29, 0.717) is 28.6 Å². The van der Waals surface area contributed by atoms with Crippen LogP contribution in [0.25, 0.3) is 11.8 Å². The van der Waals surface area contributed by atoms with Crippen LogP contribution in [0, 0.1) is 0 Å². The Hall–Kier alpha value is -3.99. The van der Waals surface area contributed by atoms with Gasteiger partial charge in [0.05, 0.1) is 7.11 Å². The number of furan rings is 1. The van der Waals surface area contributed by atoms with E-state index in [9.17, 15) is 4.79 Å². The minimum atomic E-state index is -0.0859. The van der Waals surface area contributed by atoms with Gasteiger partial charge in [-0.2, -0.15) is 0 Å². The Morgan fingerprint density at radius 1 is 0.933 bits per heavy atom. The molecule has 0 aliphatic carbocycles. The number of ether oxygens (including phenoxy) is 2. The van der Waals surface area contributed by atoms with Crippen molar-refractivity contribution < 1.29 is 18.7 Å². The predicted molar refractivity (Wildman–Crippen MR) is 115 cm³/mol. The highest BCUT2D eigenvalue weighted by Crippen LogP contribution is 2.27. The molecule has 0 aliphatic heterocycles. The number of allylic oxidation sites excluding steroid dienone is 1. The Bertz CT molecular complexity index is 1140. The number of rotatable bonds is 8. The van der Waals surface area contributed by atoms with Crippen molar-refractivity contribution in [2.75, 3.05) is 7.11 Å². The van der Waals surface area contributed by atoms with Crippen LogP contribution in [-0.2, 0) is 6.61 Å². The van der Waals surface area contributed by atoms with Gasteiger partial charge in [-0.1, -0.05) is 12.1 Å². The van der Waals surface area contributed by atoms with Crippen LogP contribution in [0.4, 0.5) is 0 Å². The summed E-state index contributed by atoms with van der Waals surface area (Å²) in [6.45, 7) is 0.267. The van der Waals surface area contributed by atoms with Gasteiger partial charge in [0.2, 0.25) is 0 Å². The molecule has 5 nitrogen and oxygen atoms in total. The van der Waals surface area contributed by atoms with Gasteiger partial charge in [-0.05, 0) is 72.8 Å². The Balaban J connectivity index is 1.36. The molecule has 2 aromatic heterocycles. The Morgan fingerprint density at radius 3 is 2.40 bits per heavy atom. The zero-order valence-corrected chi connectivity index (χ0v) is 16.5. The summed E-state index contributed by atoms with van der Waals surface area (Å²) in [5.74, 6) is 2.47. The molecule has 150 valence electrons. The first-order valence-corrected chi connectivity index (χ1v) is 9.53.